The van der Waals surface area contributed by atoms with E-state index in [0.29, 0.717) is 31.8 Å². The van der Waals surface area contributed by atoms with E-state index in [0.717, 1.165) is 4.90 Å². The molecule has 138 valence electrons. The van der Waals surface area contributed by atoms with Crippen molar-refractivity contribution in [2.24, 2.45) is 0 Å². The predicted molar refractivity (Wildman–Crippen MR) is 114 cm³/mol. The summed E-state index contributed by atoms with van der Waals surface area (Å²) in [4.78, 5) is 28.8. The van der Waals surface area contributed by atoms with Crippen LogP contribution in [0.2, 0.25) is 10.0 Å². The van der Waals surface area contributed by atoms with E-state index in [1.165, 1.54) is 16.7 Å². The minimum absolute atomic E-state index is 0.0987. The molecule has 0 atom stereocenters. The van der Waals surface area contributed by atoms with Crippen molar-refractivity contribution in [1.82, 2.24) is 0 Å². The molecule has 0 fully saturated rings. The van der Waals surface area contributed by atoms with Gasteiger partial charge in [0.2, 0.25) is 5.78 Å². The number of anilines is 1. The summed E-state index contributed by atoms with van der Waals surface area (Å²) >= 11 is 13.4. The molecule has 1 amide bonds. The molecule has 3 nitrogen and oxygen atoms in total. The Morgan fingerprint density at radius 2 is 1.64 bits per heavy atom. The Labute approximate surface area is 176 Å². The Morgan fingerprint density at radius 3 is 2.36 bits per heavy atom. The topological polar surface area (TPSA) is 37.4 Å². The van der Waals surface area contributed by atoms with Crippen LogP contribution in [0.15, 0.2) is 88.8 Å². The highest BCUT2D eigenvalue weighted by Crippen LogP contribution is 2.40. The highest BCUT2D eigenvalue weighted by atomic mass is 35.5. The molecule has 28 heavy (non-hydrogen) atoms. The van der Waals surface area contributed by atoms with Gasteiger partial charge in [0.15, 0.2) is 0 Å². The molecular weight excluding hydrogens is 413 g/mol. The lowest BCUT2D eigenvalue weighted by molar-refractivity contribution is 0.0997. The summed E-state index contributed by atoms with van der Waals surface area (Å²) in [5.74, 6) is -0.389. The first kappa shape index (κ1) is 18.8. The van der Waals surface area contributed by atoms with E-state index in [1.54, 1.807) is 60.8 Å². The van der Waals surface area contributed by atoms with Crippen molar-refractivity contribution in [3.05, 3.63) is 105 Å². The van der Waals surface area contributed by atoms with Crippen LogP contribution >= 0.6 is 35.0 Å². The summed E-state index contributed by atoms with van der Waals surface area (Å²) < 4.78 is 0. The van der Waals surface area contributed by atoms with E-state index >= 15 is 0 Å². The number of carbonyl (C=O) groups excluding carboxylic acids is 2. The highest BCUT2D eigenvalue weighted by molar-refractivity contribution is 8.04. The van der Waals surface area contributed by atoms with Crippen molar-refractivity contribution in [3.63, 3.8) is 0 Å². The number of thioether (sulfide) groups is 1. The second-order valence-corrected chi connectivity index (χ2v) is 8.04. The number of halogens is 2. The number of benzene rings is 3. The zero-order valence-corrected chi connectivity index (χ0v) is 16.8. The van der Waals surface area contributed by atoms with Crippen LogP contribution in [0, 0.1) is 0 Å². The lowest BCUT2D eigenvalue weighted by Crippen LogP contribution is -2.26. The maximum atomic E-state index is 13.2. The van der Waals surface area contributed by atoms with Crippen LogP contribution in [0.5, 0.6) is 0 Å². The molecule has 0 saturated heterocycles. The molecule has 0 saturated carbocycles. The number of hydrogen-bond donors (Lipinski definition) is 0. The summed E-state index contributed by atoms with van der Waals surface area (Å²) in [6.45, 7) is 0. The van der Waals surface area contributed by atoms with E-state index in [4.69, 9.17) is 23.2 Å². The largest absolute Gasteiger partial charge is 0.288 e. The Balaban J connectivity index is 1.77. The van der Waals surface area contributed by atoms with Crippen LogP contribution in [0.25, 0.3) is 0 Å². The third kappa shape index (κ3) is 3.72. The molecule has 1 aliphatic rings. The fourth-order valence-electron chi connectivity index (χ4n) is 2.86. The first-order valence-electron chi connectivity index (χ1n) is 8.41. The van der Waals surface area contributed by atoms with E-state index in [1.807, 2.05) is 18.2 Å². The van der Waals surface area contributed by atoms with Gasteiger partial charge in [-0.3, -0.25) is 14.5 Å². The van der Waals surface area contributed by atoms with Gasteiger partial charge in [-0.2, -0.15) is 0 Å². The van der Waals surface area contributed by atoms with Crippen molar-refractivity contribution in [2.75, 3.05) is 4.90 Å². The standard InChI is InChI=1S/C22H13Cl2NO2S/c23-15-8-10-17(11-9-15)25(22(27)14-4-3-5-16(24)12-14)13-20-21(26)18-6-1-2-7-19(18)28-20/h1-13H. The minimum Gasteiger partial charge on any atom is -0.288 e. The SMILES string of the molecule is O=C1C(=CN(C(=O)c2cccc(Cl)c2)c2ccc(Cl)cc2)Sc2ccccc21. The maximum Gasteiger partial charge on any atom is 0.262 e. The molecule has 4 rings (SSSR count). The van der Waals surface area contributed by atoms with Crippen LogP contribution < -0.4 is 4.90 Å². The molecule has 0 bridgehead atoms. The van der Waals surface area contributed by atoms with E-state index in [-0.39, 0.29) is 11.7 Å². The van der Waals surface area contributed by atoms with Crippen LogP contribution in [-0.2, 0) is 0 Å². The zero-order chi connectivity index (χ0) is 19.7. The van der Waals surface area contributed by atoms with Gasteiger partial charge in [-0.05, 0) is 54.6 Å². The molecule has 0 aliphatic carbocycles. The van der Waals surface area contributed by atoms with E-state index in [2.05, 4.69) is 0 Å². The van der Waals surface area contributed by atoms with Gasteiger partial charge in [0.25, 0.3) is 5.91 Å². The number of nitrogens with zero attached hydrogens (tertiary/aromatic N) is 1. The van der Waals surface area contributed by atoms with Crippen molar-refractivity contribution < 1.29 is 9.59 Å². The predicted octanol–water partition coefficient (Wildman–Crippen LogP) is 6.47. The third-order valence-electron chi connectivity index (χ3n) is 4.22. The smallest absolute Gasteiger partial charge is 0.262 e. The normalized spacial score (nSPS) is 14.2. The third-order valence-corrected chi connectivity index (χ3v) is 5.79. The van der Waals surface area contributed by atoms with Crippen molar-refractivity contribution in [2.45, 2.75) is 4.90 Å². The lowest BCUT2D eigenvalue weighted by Gasteiger charge is -2.20. The fourth-order valence-corrected chi connectivity index (χ4v) is 4.19. The molecule has 1 heterocycles. The van der Waals surface area contributed by atoms with E-state index < -0.39 is 0 Å². The lowest BCUT2D eigenvalue weighted by atomic mass is 10.1. The van der Waals surface area contributed by atoms with Gasteiger partial charge in [-0.1, -0.05) is 53.2 Å². The maximum absolute atomic E-state index is 13.2. The highest BCUT2D eigenvalue weighted by Gasteiger charge is 2.27. The van der Waals surface area contributed by atoms with Crippen LogP contribution in [-0.4, -0.2) is 11.7 Å². The first-order valence-corrected chi connectivity index (χ1v) is 9.98. The molecule has 0 unspecified atom stereocenters. The Kier molecular flexibility index (Phi) is 5.27. The van der Waals surface area contributed by atoms with Gasteiger partial charge in [0.1, 0.15) is 0 Å². The number of Topliss-reactive ketones (excluding diaryl/α,β-unsaturated/α-hetero) is 1. The number of fused-ring (bicyclic) bond motifs is 1. The summed E-state index contributed by atoms with van der Waals surface area (Å²) in [7, 11) is 0. The molecular formula is C22H13Cl2NO2S. The molecule has 6 heteroatoms. The summed E-state index contributed by atoms with van der Waals surface area (Å²) in [5, 5.41) is 1.03. The van der Waals surface area contributed by atoms with Crippen molar-refractivity contribution >= 4 is 52.3 Å². The fraction of sp³-hybridized carbons (Fsp3) is 0. The zero-order valence-electron chi connectivity index (χ0n) is 14.4. The monoisotopic (exact) mass is 425 g/mol. The molecule has 0 N–H and O–H groups in total. The molecule has 0 aromatic heterocycles. The van der Waals surface area contributed by atoms with Crippen LogP contribution in [0.3, 0.4) is 0 Å². The Hall–Kier alpha value is -2.53. The van der Waals surface area contributed by atoms with E-state index in [9.17, 15) is 9.59 Å². The molecule has 1 aliphatic heterocycles. The molecule has 3 aromatic rings. The van der Waals surface area contributed by atoms with Gasteiger partial charge in [-0.15, -0.1) is 0 Å². The second-order valence-electron chi connectivity index (χ2n) is 6.08. The molecule has 0 spiro atoms. The summed E-state index contributed by atoms with van der Waals surface area (Å²) in [6.07, 6.45) is 1.58. The van der Waals surface area contributed by atoms with Gasteiger partial charge in [0.05, 0.1) is 4.91 Å². The van der Waals surface area contributed by atoms with Crippen molar-refractivity contribution in [3.8, 4) is 0 Å². The second kappa shape index (κ2) is 7.84. The molecule has 3 aromatic carbocycles. The number of carbonyl (C=O) groups is 2. The Morgan fingerprint density at radius 1 is 0.893 bits per heavy atom. The van der Waals surface area contributed by atoms with Gasteiger partial charge < -0.3 is 0 Å². The number of ketones is 1. The van der Waals surface area contributed by atoms with Gasteiger partial charge >= 0.3 is 0 Å². The number of rotatable bonds is 3. The average Bonchev–Trinajstić information content (AvgIpc) is 3.02. The molecule has 0 radical (unpaired) electrons. The summed E-state index contributed by atoms with van der Waals surface area (Å²) in [5.41, 5.74) is 1.67. The average molecular weight is 426 g/mol. The number of hydrogen-bond acceptors (Lipinski definition) is 3. The number of amides is 1. The quantitative estimate of drug-likeness (QED) is 0.451. The van der Waals surface area contributed by atoms with Gasteiger partial charge in [0, 0.05) is 38.0 Å². The minimum atomic E-state index is -0.290. The Bertz CT molecular complexity index is 1110. The summed E-state index contributed by atoms with van der Waals surface area (Å²) in [6, 6.07) is 21.0. The van der Waals surface area contributed by atoms with Crippen LogP contribution in [0.4, 0.5) is 5.69 Å². The van der Waals surface area contributed by atoms with Crippen molar-refractivity contribution in [1.29, 1.82) is 0 Å². The van der Waals surface area contributed by atoms with Crippen LogP contribution in [0.1, 0.15) is 20.7 Å². The van der Waals surface area contributed by atoms with Gasteiger partial charge in [-0.25, -0.2) is 0 Å². The first-order chi connectivity index (χ1) is 13.5. The number of allylic oxidation sites excluding steroid dienone is 1.